The Morgan fingerprint density at radius 1 is 1.25 bits per heavy atom. The third-order valence-electron chi connectivity index (χ3n) is 2.94. The van der Waals surface area contributed by atoms with Gasteiger partial charge in [-0.25, -0.2) is 4.39 Å². The first-order valence-electron chi connectivity index (χ1n) is 6.14. The van der Waals surface area contributed by atoms with Crippen LogP contribution in [0, 0.1) is 5.82 Å². The Balaban J connectivity index is 2.22. The molecule has 1 atom stereocenters. The lowest BCUT2D eigenvalue weighted by Crippen LogP contribution is -2.03. The molecule has 0 aliphatic rings. The van der Waals surface area contributed by atoms with Crippen molar-refractivity contribution in [2.45, 2.75) is 17.2 Å². The van der Waals surface area contributed by atoms with Gasteiger partial charge in [-0.05, 0) is 29.8 Å². The molecule has 0 amide bonds. The minimum Gasteiger partial charge on any atom is -0.497 e. The molecule has 3 nitrogen and oxygen atoms in total. The summed E-state index contributed by atoms with van der Waals surface area (Å²) >= 11 is 0. The minimum atomic E-state index is -1.33. The molecule has 0 aliphatic carbocycles. The summed E-state index contributed by atoms with van der Waals surface area (Å²) in [7, 11) is 0.220. The zero-order chi connectivity index (χ0) is 14.5. The summed E-state index contributed by atoms with van der Waals surface area (Å²) in [5, 5.41) is 0. The van der Waals surface area contributed by atoms with Crippen molar-refractivity contribution >= 4 is 10.8 Å². The number of hydrogen-bond donors (Lipinski definition) is 1. The zero-order valence-electron chi connectivity index (χ0n) is 11.1. The number of rotatable bonds is 5. The van der Waals surface area contributed by atoms with Crippen molar-refractivity contribution in [1.82, 2.24) is 0 Å². The van der Waals surface area contributed by atoms with Gasteiger partial charge in [0, 0.05) is 17.0 Å². The second-order valence-electron chi connectivity index (χ2n) is 4.30. The predicted octanol–water partition coefficient (Wildman–Crippen LogP) is 2.60. The predicted molar refractivity (Wildman–Crippen MR) is 77.4 cm³/mol. The second kappa shape index (κ2) is 6.63. The maximum atomic E-state index is 13.7. The van der Waals surface area contributed by atoms with Crippen molar-refractivity contribution in [3.05, 3.63) is 59.4 Å². The van der Waals surface area contributed by atoms with E-state index in [-0.39, 0.29) is 11.6 Å². The Hall–Kier alpha value is -1.72. The molecule has 0 heterocycles. The van der Waals surface area contributed by atoms with Crippen molar-refractivity contribution in [1.29, 1.82) is 0 Å². The van der Waals surface area contributed by atoms with Crippen molar-refractivity contribution in [3.8, 4) is 5.75 Å². The molecule has 0 spiro atoms. The molecule has 0 fully saturated rings. The molecule has 5 heteroatoms. The lowest BCUT2D eigenvalue weighted by molar-refractivity contribution is 0.413. The normalized spacial score (nSPS) is 12.2. The molecule has 0 radical (unpaired) electrons. The third-order valence-corrected chi connectivity index (χ3v) is 4.29. The van der Waals surface area contributed by atoms with Gasteiger partial charge in [-0.3, -0.25) is 4.21 Å². The summed E-state index contributed by atoms with van der Waals surface area (Å²) in [6, 6.07) is 11.6. The van der Waals surface area contributed by atoms with Gasteiger partial charge >= 0.3 is 0 Å². The van der Waals surface area contributed by atoms with E-state index < -0.39 is 10.8 Å². The number of benzene rings is 2. The Labute approximate surface area is 120 Å². The van der Waals surface area contributed by atoms with E-state index >= 15 is 0 Å². The van der Waals surface area contributed by atoms with Gasteiger partial charge in [0.25, 0.3) is 0 Å². The molecule has 2 rings (SSSR count). The molecule has 0 saturated carbocycles. The van der Waals surface area contributed by atoms with Crippen LogP contribution in [0.2, 0.25) is 0 Å². The molecule has 0 aliphatic heterocycles. The van der Waals surface area contributed by atoms with E-state index in [9.17, 15) is 8.60 Å². The number of halogens is 1. The quantitative estimate of drug-likeness (QED) is 0.922. The average molecular weight is 293 g/mol. The lowest BCUT2D eigenvalue weighted by atomic mass is 10.1. The van der Waals surface area contributed by atoms with Crippen molar-refractivity contribution in [2.75, 3.05) is 7.11 Å². The number of ether oxygens (including phenoxy) is 1. The molecule has 106 valence electrons. The molecule has 1 unspecified atom stereocenters. The highest BCUT2D eigenvalue weighted by Gasteiger charge is 2.10. The van der Waals surface area contributed by atoms with Crippen LogP contribution in [0.25, 0.3) is 0 Å². The molecule has 2 N–H and O–H groups in total. The highest BCUT2D eigenvalue weighted by molar-refractivity contribution is 7.84. The number of hydrogen-bond acceptors (Lipinski definition) is 3. The maximum absolute atomic E-state index is 13.7. The number of methoxy groups -OCH3 is 1. The van der Waals surface area contributed by atoms with Crippen molar-refractivity contribution in [2.24, 2.45) is 5.73 Å². The summed E-state index contributed by atoms with van der Waals surface area (Å²) in [5.74, 6) is 0.387. The second-order valence-corrected chi connectivity index (χ2v) is 5.75. The van der Waals surface area contributed by atoms with Crippen LogP contribution in [0.4, 0.5) is 4.39 Å². The van der Waals surface area contributed by atoms with E-state index in [1.54, 1.807) is 43.5 Å². The molecule has 2 aromatic rings. The van der Waals surface area contributed by atoms with Gasteiger partial charge in [0.15, 0.2) is 0 Å². The van der Waals surface area contributed by atoms with Gasteiger partial charge in [-0.15, -0.1) is 0 Å². The molecular formula is C15H16FNO2S. The molecule has 20 heavy (non-hydrogen) atoms. The average Bonchev–Trinajstić information content (AvgIpc) is 2.49. The van der Waals surface area contributed by atoms with Gasteiger partial charge < -0.3 is 10.5 Å². The Morgan fingerprint density at radius 3 is 2.75 bits per heavy atom. The van der Waals surface area contributed by atoms with E-state index in [0.29, 0.717) is 22.8 Å². The van der Waals surface area contributed by atoms with E-state index in [4.69, 9.17) is 10.5 Å². The SMILES string of the molecule is COc1cccc(S(=O)Cc2cc(CN)ccc2F)c1. The van der Waals surface area contributed by atoms with Crippen molar-refractivity contribution in [3.63, 3.8) is 0 Å². The summed E-state index contributed by atoms with van der Waals surface area (Å²) in [4.78, 5) is 0.613. The monoisotopic (exact) mass is 293 g/mol. The van der Waals surface area contributed by atoms with E-state index in [2.05, 4.69) is 0 Å². The van der Waals surface area contributed by atoms with Crippen LogP contribution in [-0.2, 0) is 23.1 Å². The summed E-state index contributed by atoms with van der Waals surface area (Å²) in [6.45, 7) is 0.332. The molecule has 0 saturated heterocycles. The van der Waals surface area contributed by atoms with Crippen LogP contribution in [0.5, 0.6) is 5.75 Å². The Morgan fingerprint density at radius 2 is 2.05 bits per heavy atom. The molecular weight excluding hydrogens is 277 g/mol. The fraction of sp³-hybridized carbons (Fsp3) is 0.200. The van der Waals surface area contributed by atoms with Crippen LogP contribution in [0.3, 0.4) is 0 Å². The van der Waals surface area contributed by atoms with Gasteiger partial charge in [0.05, 0.1) is 23.7 Å². The standard InChI is InChI=1S/C15H16FNO2S/c1-19-13-3-2-4-14(8-13)20(18)10-12-7-11(9-17)5-6-15(12)16/h2-8H,9-10,17H2,1H3. The van der Waals surface area contributed by atoms with Gasteiger partial charge in [-0.1, -0.05) is 18.2 Å². The summed E-state index contributed by atoms with van der Waals surface area (Å²) in [6.07, 6.45) is 0. The van der Waals surface area contributed by atoms with E-state index in [1.807, 2.05) is 0 Å². The lowest BCUT2D eigenvalue weighted by Gasteiger charge is -2.07. The first-order chi connectivity index (χ1) is 9.63. The van der Waals surface area contributed by atoms with Crippen LogP contribution in [-0.4, -0.2) is 11.3 Å². The van der Waals surface area contributed by atoms with Crippen LogP contribution in [0.15, 0.2) is 47.4 Å². The van der Waals surface area contributed by atoms with Gasteiger partial charge in [0.1, 0.15) is 11.6 Å². The Kier molecular flexibility index (Phi) is 4.87. The molecule has 0 aromatic heterocycles. The highest BCUT2D eigenvalue weighted by atomic mass is 32.2. The fourth-order valence-electron chi connectivity index (χ4n) is 1.83. The topological polar surface area (TPSA) is 52.3 Å². The van der Waals surface area contributed by atoms with E-state index in [1.165, 1.54) is 6.07 Å². The first kappa shape index (κ1) is 14.7. The summed E-state index contributed by atoms with van der Waals surface area (Å²) < 4.78 is 31.1. The Bertz CT molecular complexity index is 631. The zero-order valence-corrected chi connectivity index (χ0v) is 12.0. The van der Waals surface area contributed by atoms with Crippen LogP contribution < -0.4 is 10.5 Å². The minimum absolute atomic E-state index is 0.118. The number of nitrogens with two attached hydrogens (primary N) is 1. The maximum Gasteiger partial charge on any atom is 0.127 e. The third kappa shape index (κ3) is 3.43. The largest absolute Gasteiger partial charge is 0.497 e. The smallest absolute Gasteiger partial charge is 0.127 e. The van der Waals surface area contributed by atoms with E-state index in [0.717, 1.165) is 5.56 Å². The van der Waals surface area contributed by atoms with Gasteiger partial charge in [0.2, 0.25) is 0 Å². The molecule has 0 bridgehead atoms. The first-order valence-corrected chi connectivity index (χ1v) is 7.45. The molecule has 2 aromatic carbocycles. The van der Waals surface area contributed by atoms with Gasteiger partial charge in [-0.2, -0.15) is 0 Å². The fourth-order valence-corrected chi connectivity index (χ4v) is 2.98. The van der Waals surface area contributed by atoms with Crippen molar-refractivity contribution < 1.29 is 13.3 Å². The van der Waals surface area contributed by atoms with Crippen LogP contribution >= 0.6 is 0 Å². The van der Waals surface area contributed by atoms with Crippen LogP contribution in [0.1, 0.15) is 11.1 Å². The summed E-state index contributed by atoms with van der Waals surface area (Å²) in [5.41, 5.74) is 6.77. The highest BCUT2D eigenvalue weighted by Crippen LogP contribution is 2.20.